The van der Waals surface area contributed by atoms with E-state index in [4.69, 9.17) is 0 Å². The third kappa shape index (κ3) is 5.28. The summed E-state index contributed by atoms with van der Waals surface area (Å²) in [4.78, 5) is 0. The van der Waals surface area contributed by atoms with Gasteiger partial charge in [-0.1, -0.05) is 164 Å². The number of nitrogens with zero attached hydrogens (tertiary/aromatic N) is 3. The zero-order valence-corrected chi connectivity index (χ0v) is 36.4. The molecule has 0 saturated carbocycles. The minimum atomic E-state index is 1.15. The van der Waals surface area contributed by atoms with Crippen LogP contribution in [0.3, 0.4) is 0 Å². The zero-order valence-electron chi connectivity index (χ0n) is 36.4. The summed E-state index contributed by atoms with van der Waals surface area (Å²) >= 11 is 0. The Labute approximate surface area is 385 Å². The van der Waals surface area contributed by atoms with Gasteiger partial charge in [0.25, 0.3) is 0 Å². The molecule has 0 spiro atoms. The number of fused-ring (bicyclic) bond motifs is 13. The third-order valence-corrected chi connectivity index (χ3v) is 14.6. The van der Waals surface area contributed by atoms with E-state index in [-0.39, 0.29) is 0 Å². The van der Waals surface area contributed by atoms with Crippen molar-refractivity contribution in [1.82, 2.24) is 13.5 Å². The summed E-state index contributed by atoms with van der Waals surface area (Å²) in [6.07, 6.45) is 0. The first-order chi connectivity index (χ1) is 33.2. The summed E-state index contributed by atoms with van der Waals surface area (Å²) in [6.45, 7) is 0. The molecule has 3 heteroatoms. The molecule has 0 bridgehead atoms. The molecule has 3 nitrogen and oxygen atoms in total. The van der Waals surface area contributed by atoms with E-state index in [1.54, 1.807) is 0 Å². The molecule has 310 valence electrons. The van der Waals surface area contributed by atoms with Crippen LogP contribution in [0.4, 0.5) is 0 Å². The van der Waals surface area contributed by atoms with E-state index in [1.165, 1.54) is 132 Å². The SMILES string of the molecule is c1ccc2cc(-n3c4ccccc4c4cc(-c5ccc(-c6ccc7c(c6)c6ccccc6n7-c6ccc(-c7ccc8c9cccc%10c%11ccccc%11n(c8c7)c%109)cc6)cc5)ccc43)ccc2c1. The first kappa shape index (κ1) is 36.4. The Kier molecular flexibility index (Phi) is 7.50. The van der Waals surface area contributed by atoms with Gasteiger partial charge in [-0.25, -0.2) is 0 Å². The standard InChI is InChI=1S/C64H39N3/c1-2-11-44-36-49(32-26-40(44)10-1)66-59-18-7-5-14-52(59)57-38-46(29-35-62(57)66)42-22-20-41(21-23-42)45-28-34-61-56(37-45)51-13-4-6-17-58(51)65(61)48-30-24-43(25-31-48)47-27-33-53-55-16-9-15-54-50-12-3-8-19-60(50)67(64(54)55)63(53)39-47/h1-39H. The zero-order chi connectivity index (χ0) is 43.7. The van der Waals surface area contributed by atoms with Crippen molar-refractivity contribution >= 4 is 92.5 Å². The fraction of sp³-hybridized carbons (Fsp3) is 0. The first-order valence-electron chi connectivity index (χ1n) is 23.2. The molecule has 0 saturated heterocycles. The summed E-state index contributed by atoms with van der Waals surface area (Å²) in [5, 5.41) is 12.7. The Bertz CT molecular complexity index is 4480. The monoisotopic (exact) mass is 849 g/mol. The second-order valence-corrected chi connectivity index (χ2v) is 18.1. The van der Waals surface area contributed by atoms with Gasteiger partial charge in [-0.2, -0.15) is 0 Å². The van der Waals surface area contributed by atoms with Crippen LogP contribution >= 0.6 is 0 Å². The van der Waals surface area contributed by atoms with Crippen LogP contribution in [0.15, 0.2) is 237 Å². The summed E-state index contributed by atoms with van der Waals surface area (Å²) < 4.78 is 7.28. The van der Waals surface area contributed by atoms with Crippen LogP contribution in [0.1, 0.15) is 0 Å². The molecule has 0 aliphatic heterocycles. The van der Waals surface area contributed by atoms with Crippen LogP contribution in [-0.4, -0.2) is 13.5 Å². The van der Waals surface area contributed by atoms with E-state index in [2.05, 4.69) is 250 Å². The Morgan fingerprint density at radius 2 is 0.627 bits per heavy atom. The average molecular weight is 850 g/mol. The van der Waals surface area contributed by atoms with Gasteiger partial charge in [0.2, 0.25) is 0 Å². The van der Waals surface area contributed by atoms with Crippen molar-refractivity contribution in [3.05, 3.63) is 237 Å². The summed E-state index contributed by atoms with van der Waals surface area (Å²) in [7, 11) is 0. The number of aromatic nitrogens is 3. The Balaban J connectivity index is 0.770. The van der Waals surface area contributed by atoms with Crippen LogP contribution in [0, 0.1) is 0 Å². The number of benzene rings is 11. The second kappa shape index (κ2) is 13.8. The molecular formula is C64H39N3. The van der Waals surface area contributed by atoms with Gasteiger partial charge in [0, 0.05) is 54.5 Å². The van der Waals surface area contributed by atoms with Crippen molar-refractivity contribution in [2.24, 2.45) is 0 Å². The van der Waals surface area contributed by atoms with E-state index in [9.17, 15) is 0 Å². The molecule has 67 heavy (non-hydrogen) atoms. The van der Waals surface area contributed by atoms with Crippen LogP contribution < -0.4 is 0 Å². The molecule has 15 rings (SSSR count). The van der Waals surface area contributed by atoms with Crippen LogP contribution in [0.5, 0.6) is 0 Å². The lowest BCUT2D eigenvalue weighted by Gasteiger charge is -2.11. The number of hydrogen-bond acceptors (Lipinski definition) is 0. The van der Waals surface area contributed by atoms with Gasteiger partial charge >= 0.3 is 0 Å². The maximum Gasteiger partial charge on any atom is 0.0620 e. The first-order valence-corrected chi connectivity index (χ1v) is 23.2. The predicted molar refractivity (Wildman–Crippen MR) is 284 cm³/mol. The molecule has 0 atom stereocenters. The quantitative estimate of drug-likeness (QED) is 0.164. The molecule has 0 fully saturated rings. The van der Waals surface area contributed by atoms with E-state index in [1.807, 2.05) is 0 Å². The number of hydrogen-bond donors (Lipinski definition) is 0. The van der Waals surface area contributed by atoms with E-state index < -0.39 is 0 Å². The smallest absolute Gasteiger partial charge is 0.0620 e. The van der Waals surface area contributed by atoms with Gasteiger partial charge < -0.3 is 13.5 Å². The highest BCUT2D eigenvalue weighted by Gasteiger charge is 2.19. The van der Waals surface area contributed by atoms with E-state index in [0.29, 0.717) is 0 Å². The van der Waals surface area contributed by atoms with Crippen molar-refractivity contribution < 1.29 is 0 Å². The fourth-order valence-electron chi connectivity index (χ4n) is 11.4. The molecule has 4 heterocycles. The van der Waals surface area contributed by atoms with Crippen molar-refractivity contribution in [3.8, 4) is 44.8 Å². The maximum absolute atomic E-state index is 2.46. The highest BCUT2D eigenvalue weighted by atomic mass is 15.0. The topological polar surface area (TPSA) is 14.3 Å². The van der Waals surface area contributed by atoms with E-state index in [0.717, 1.165) is 5.69 Å². The molecule has 0 aliphatic rings. The molecule has 15 aromatic rings. The normalized spacial score (nSPS) is 12.2. The summed E-state index contributed by atoms with van der Waals surface area (Å²) in [5.41, 5.74) is 18.2. The maximum atomic E-state index is 2.46. The average Bonchev–Trinajstić information content (AvgIpc) is 4.13. The molecular weight excluding hydrogens is 811 g/mol. The Hall–Kier alpha value is -8.92. The minimum Gasteiger partial charge on any atom is -0.309 e. The van der Waals surface area contributed by atoms with Gasteiger partial charge in [-0.05, 0) is 117 Å². The Morgan fingerprint density at radius 1 is 0.209 bits per heavy atom. The molecule has 0 amide bonds. The molecule has 11 aromatic carbocycles. The van der Waals surface area contributed by atoms with Gasteiger partial charge in [0.15, 0.2) is 0 Å². The van der Waals surface area contributed by atoms with Gasteiger partial charge in [-0.3, -0.25) is 0 Å². The highest BCUT2D eigenvalue weighted by molar-refractivity contribution is 6.23. The van der Waals surface area contributed by atoms with Crippen LogP contribution in [0.25, 0.3) is 137 Å². The van der Waals surface area contributed by atoms with Crippen molar-refractivity contribution in [1.29, 1.82) is 0 Å². The van der Waals surface area contributed by atoms with Gasteiger partial charge in [-0.15, -0.1) is 0 Å². The third-order valence-electron chi connectivity index (χ3n) is 14.6. The molecule has 0 unspecified atom stereocenters. The molecule has 0 radical (unpaired) electrons. The lowest BCUT2D eigenvalue weighted by Crippen LogP contribution is -1.94. The predicted octanol–water partition coefficient (Wildman–Crippen LogP) is 17.2. The van der Waals surface area contributed by atoms with Crippen molar-refractivity contribution in [2.45, 2.75) is 0 Å². The highest BCUT2D eigenvalue weighted by Crippen LogP contribution is 2.42. The lowest BCUT2D eigenvalue weighted by molar-refractivity contribution is 1.18. The minimum absolute atomic E-state index is 1.15. The fourth-order valence-corrected chi connectivity index (χ4v) is 11.4. The van der Waals surface area contributed by atoms with Crippen LogP contribution in [-0.2, 0) is 0 Å². The number of rotatable bonds is 5. The van der Waals surface area contributed by atoms with E-state index >= 15 is 0 Å². The molecule has 4 aromatic heterocycles. The van der Waals surface area contributed by atoms with Gasteiger partial charge in [0.05, 0.1) is 38.6 Å². The molecule has 0 aliphatic carbocycles. The summed E-state index contributed by atoms with van der Waals surface area (Å²) in [5.74, 6) is 0. The number of para-hydroxylation sites is 4. The largest absolute Gasteiger partial charge is 0.309 e. The Morgan fingerprint density at radius 3 is 1.25 bits per heavy atom. The summed E-state index contributed by atoms with van der Waals surface area (Å²) in [6, 6.07) is 87.4. The van der Waals surface area contributed by atoms with Gasteiger partial charge in [0.1, 0.15) is 0 Å². The van der Waals surface area contributed by atoms with Crippen molar-refractivity contribution in [2.75, 3.05) is 0 Å². The van der Waals surface area contributed by atoms with Crippen molar-refractivity contribution in [3.63, 3.8) is 0 Å². The molecule has 0 N–H and O–H groups in total. The lowest BCUT2D eigenvalue weighted by atomic mass is 9.98. The van der Waals surface area contributed by atoms with Crippen LogP contribution in [0.2, 0.25) is 0 Å². The second-order valence-electron chi connectivity index (χ2n) is 18.1.